The molecule has 0 saturated carbocycles. The molecule has 0 aliphatic rings. The van der Waals surface area contributed by atoms with E-state index >= 15 is 0 Å². The Morgan fingerprint density at radius 1 is 1.09 bits per heavy atom. The minimum atomic E-state index is -4.45. The van der Waals surface area contributed by atoms with Crippen LogP contribution >= 0.6 is 11.6 Å². The van der Waals surface area contributed by atoms with Crippen LogP contribution in [0.5, 0.6) is 11.5 Å². The second-order valence-corrected chi connectivity index (χ2v) is 7.62. The van der Waals surface area contributed by atoms with Crippen molar-refractivity contribution in [1.82, 2.24) is 14.5 Å². The summed E-state index contributed by atoms with van der Waals surface area (Å²) in [5, 5.41) is 3.50. The zero-order chi connectivity index (χ0) is 22.7. The van der Waals surface area contributed by atoms with E-state index in [1.54, 1.807) is 18.2 Å². The van der Waals surface area contributed by atoms with Crippen LogP contribution in [0.25, 0.3) is 11.0 Å². The summed E-state index contributed by atoms with van der Waals surface area (Å²) in [7, 11) is 0. The lowest BCUT2D eigenvalue weighted by Crippen LogP contribution is -2.04. The van der Waals surface area contributed by atoms with E-state index in [-0.39, 0.29) is 16.5 Å². The molecule has 0 atom stereocenters. The average molecular weight is 461 g/mol. The molecule has 0 aliphatic carbocycles. The second kappa shape index (κ2) is 9.08. The number of rotatable bonds is 7. The van der Waals surface area contributed by atoms with Gasteiger partial charge >= 0.3 is 6.18 Å². The summed E-state index contributed by atoms with van der Waals surface area (Å²) in [6.45, 7) is 2.99. The van der Waals surface area contributed by atoms with Crippen molar-refractivity contribution in [3.63, 3.8) is 0 Å². The lowest BCUT2D eigenvalue weighted by Gasteiger charge is -2.13. The predicted octanol–water partition coefficient (Wildman–Crippen LogP) is 7.44. The van der Waals surface area contributed by atoms with Crippen LogP contribution < -0.4 is 10.1 Å². The Kier molecular flexibility index (Phi) is 6.23. The van der Waals surface area contributed by atoms with Gasteiger partial charge in [0, 0.05) is 18.4 Å². The molecule has 0 bridgehead atoms. The van der Waals surface area contributed by atoms with Crippen LogP contribution in [0.2, 0.25) is 5.02 Å². The van der Waals surface area contributed by atoms with Crippen LogP contribution in [0.1, 0.15) is 25.3 Å². The summed E-state index contributed by atoms with van der Waals surface area (Å²) < 4.78 is 46.5. The monoisotopic (exact) mass is 460 g/mol. The zero-order valence-corrected chi connectivity index (χ0v) is 17.9. The number of unbranched alkanes of at least 4 members (excludes halogenated alkanes) is 1. The number of fused-ring (bicyclic) bond motifs is 1. The third-order valence-corrected chi connectivity index (χ3v) is 5.18. The normalized spacial score (nSPS) is 11.7. The number of nitrogens with zero attached hydrogens (tertiary/aromatic N) is 3. The fraction of sp³-hybridized carbons (Fsp3) is 0.217. The highest BCUT2D eigenvalue weighted by molar-refractivity contribution is 6.32. The highest BCUT2D eigenvalue weighted by Crippen LogP contribution is 2.36. The molecule has 0 aliphatic heterocycles. The molecule has 4 aromatic rings. The lowest BCUT2D eigenvalue weighted by molar-refractivity contribution is -0.137. The van der Waals surface area contributed by atoms with Gasteiger partial charge in [-0.1, -0.05) is 31.0 Å². The van der Waals surface area contributed by atoms with Gasteiger partial charge in [0.15, 0.2) is 5.82 Å². The SMILES string of the molecule is CCCCn1ccc2ncnc(Nc3ccc(Oc4cccc(C(F)(F)F)c4)c(Cl)c3)c21. The molecule has 0 amide bonds. The van der Waals surface area contributed by atoms with E-state index in [4.69, 9.17) is 16.3 Å². The van der Waals surface area contributed by atoms with E-state index < -0.39 is 11.7 Å². The minimum Gasteiger partial charge on any atom is -0.456 e. The number of halogens is 4. The summed E-state index contributed by atoms with van der Waals surface area (Å²) in [6, 6.07) is 11.6. The van der Waals surface area contributed by atoms with Crippen LogP contribution in [0, 0.1) is 0 Å². The third-order valence-electron chi connectivity index (χ3n) is 4.89. The molecule has 0 fully saturated rings. The second-order valence-electron chi connectivity index (χ2n) is 7.22. The molecule has 2 aromatic carbocycles. The molecule has 2 aromatic heterocycles. The number of aromatic nitrogens is 3. The van der Waals surface area contributed by atoms with E-state index in [1.807, 2.05) is 12.3 Å². The third kappa shape index (κ3) is 4.80. The number of nitrogens with one attached hydrogen (secondary N) is 1. The molecule has 0 radical (unpaired) electrons. The number of benzene rings is 2. The number of aryl methyl sites for hydroxylation is 1. The van der Waals surface area contributed by atoms with Gasteiger partial charge in [0.2, 0.25) is 0 Å². The molecule has 9 heteroatoms. The first-order chi connectivity index (χ1) is 15.3. The molecule has 166 valence electrons. The molecule has 0 spiro atoms. The fourth-order valence-electron chi connectivity index (χ4n) is 3.30. The van der Waals surface area contributed by atoms with E-state index in [9.17, 15) is 13.2 Å². The van der Waals surface area contributed by atoms with Crippen LogP contribution in [-0.4, -0.2) is 14.5 Å². The Morgan fingerprint density at radius 2 is 1.94 bits per heavy atom. The molecule has 4 rings (SSSR count). The Balaban J connectivity index is 1.57. The van der Waals surface area contributed by atoms with Gasteiger partial charge < -0.3 is 14.6 Å². The maximum atomic E-state index is 12.9. The predicted molar refractivity (Wildman–Crippen MR) is 119 cm³/mol. The maximum Gasteiger partial charge on any atom is 0.416 e. The number of anilines is 2. The Morgan fingerprint density at radius 3 is 2.69 bits per heavy atom. The molecular formula is C23H20ClF3N4O. The van der Waals surface area contributed by atoms with Crippen molar-refractivity contribution in [2.45, 2.75) is 32.5 Å². The lowest BCUT2D eigenvalue weighted by atomic mass is 10.2. The quantitative estimate of drug-likeness (QED) is 0.311. The van der Waals surface area contributed by atoms with Crippen molar-refractivity contribution in [2.75, 3.05) is 5.32 Å². The van der Waals surface area contributed by atoms with Crippen LogP contribution in [0.4, 0.5) is 24.7 Å². The Hall–Kier alpha value is -3.26. The molecule has 32 heavy (non-hydrogen) atoms. The topological polar surface area (TPSA) is 52.0 Å². The number of alkyl halides is 3. The van der Waals surface area contributed by atoms with Crippen molar-refractivity contribution in [1.29, 1.82) is 0 Å². The molecule has 0 unspecified atom stereocenters. The standard InChI is InChI=1S/C23H20ClF3N4O/c1-2-3-10-31-11-9-19-21(31)22(29-14-28-19)30-16-7-8-20(18(24)13-16)32-17-6-4-5-15(12-17)23(25,26)27/h4-9,11-14H,2-3,10H2,1H3,(H,28,29,30). The molecule has 0 saturated heterocycles. The first-order valence-electron chi connectivity index (χ1n) is 10.1. The van der Waals surface area contributed by atoms with Gasteiger partial charge in [0.1, 0.15) is 23.3 Å². The highest BCUT2D eigenvalue weighted by Gasteiger charge is 2.30. The van der Waals surface area contributed by atoms with E-state index in [0.29, 0.717) is 11.5 Å². The summed E-state index contributed by atoms with van der Waals surface area (Å²) in [4.78, 5) is 8.69. The maximum absolute atomic E-state index is 12.9. The van der Waals surface area contributed by atoms with Crippen molar-refractivity contribution < 1.29 is 17.9 Å². The molecule has 2 heterocycles. The van der Waals surface area contributed by atoms with Crippen molar-refractivity contribution in [2.24, 2.45) is 0 Å². The van der Waals surface area contributed by atoms with Crippen molar-refractivity contribution in [3.05, 3.63) is 71.6 Å². The van der Waals surface area contributed by atoms with Gasteiger partial charge in [-0.3, -0.25) is 0 Å². The fourth-order valence-corrected chi connectivity index (χ4v) is 3.52. The van der Waals surface area contributed by atoms with E-state index in [0.717, 1.165) is 42.6 Å². The van der Waals surface area contributed by atoms with Crippen molar-refractivity contribution in [3.8, 4) is 11.5 Å². The van der Waals surface area contributed by atoms with Crippen LogP contribution in [-0.2, 0) is 12.7 Å². The molecule has 5 nitrogen and oxygen atoms in total. The Labute approximate surface area is 187 Å². The number of hydrogen-bond donors (Lipinski definition) is 1. The van der Waals surface area contributed by atoms with E-state index in [2.05, 4.69) is 26.8 Å². The average Bonchev–Trinajstić information content (AvgIpc) is 3.18. The minimum absolute atomic E-state index is 0.0497. The van der Waals surface area contributed by atoms with Crippen LogP contribution in [0.3, 0.4) is 0 Å². The summed E-state index contributed by atoms with van der Waals surface area (Å²) >= 11 is 6.35. The first-order valence-corrected chi connectivity index (χ1v) is 10.4. The molecule has 1 N–H and O–H groups in total. The van der Waals surface area contributed by atoms with Gasteiger partial charge in [-0.15, -0.1) is 0 Å². The van der Waals surface area contributed by atoms with Crippen molar-refractivity contribution >= 4 is 34.1 Å². The van der Waals surface area contributed by atoms with Gasteiger partial charge in [0.05, 0.1) is 16.1 Å². The van der Waals surface area contributed by atoms with Gasteiger partial charge in [0.25, 0.3) is 0 Å². The Bertz CT molecular complexity index is 1240. The van der Waals surface area contributed by atoms with Gasteiger partial charge in [-0.2, -0.15) is 13.2 Å². The zero-order valence-electron chi connectivity index (χ0n) is 17.2. The van der Waals surface area contributed by atoms with Crippen LogP contribution in [0.15, 0.2) is 61.1 Å². The smallest absolute Gasteiger partial charge is 0.416 e. The van der Waals surface area contributed by atoms with Gasteiger partial charge in [-0.05, 0) is 48.9 Å². The highest BCUT2D eigenvalue weighted by atomic mass is 35.5. The summed E-state index contributed by atoms with van der Waals surface area (Å²) in [6.07, 6.45) is 1.12. The number of hydrogen-bond acceptors (Lipinski definition) is 4. The number of ether oxygens (including phenoxy) is 1. The largest absolute Gasteiger partial charge is 0.456 e. The molecular weight excluding hydrogens is 441 g/mol. The van der Waals surface area contributed by atoms with E-state index in [1.165, 1.54) is 18.5 Å². The van der Waals surface area contributed by atoms with Gasteiger partial charge in [-0.25, -0.2) is 9.97 Å². The summed E-state index contributed by atoms with van der Waals surface area (Å²) in [5.41, 5.74) is 1.59. The first kappa shape index (κ1) is 22.0. The summed E-state index contributed by atoms with van der Waals surface area (Å²) in [5.74, 6) is 0.933.